The van der Waals surface area contributed by atoms with Crippen molar-refractivity contribution in [3.8, 4) is 0 Å². The van der Waals surface area contributed by atoms with E-state index in [0.717, 1.165) is 6.54 Å². The fourth-order valence-electron chi connectivity index (χ4n) is 0.0791. The molecule has 0 aromatic heterocycles. The summed E-state index contributed by atoms with van der Waals surface area (Å²) in [5.74, 6) is -0.597. The summed E-state index contributed by atoms with van der Waals surface area (Å²) in [5.41, 5.74) is 11.0. The highest BCUT2D eigenvalue weighted by molar-refractivity contribution is 5.74. The molecule has 0 saturated heterocycles. The minimum Gasteiger partial charge on any atom is -0.370 e. The summed E-state index contributed by atoms with van der Waals surface area (Å²) in [7, 11) is 0. The Labute approximate surface area is 84.6 Å². The van der Waals surface area contributed by atoms with Gasteiger partial charge in [-0.3, -0.25) is 14.8 Å². The Balaban J connectivity index is -0.000000138. The van der Waals surface area contributed by atoms with Gasteiger partial charge in [-0.05, 0) is 6.54 Å². The molecular weight excluding hydrogens is 186 g/mol. The highest BCUT2D eigenvalue weighted by atomic mass is 16.5. The number of hydrogen-bond acceptors (Lipinski definition) is 4. The van der Waals surface area contributed by atoms with Crippen molar-refractivity contribution in [2.24, 2.45) is 11.5 Å². The largest absolute Gasteiger partial charge is 0.370 e. The van der Waals surface area contributed by atoms with E-state index in [4.69, 9.17) is 10.9 Å². The van der Waals surface area contributed by atoms with Gasteiger partial charge in [0.15, 0.2) is 0 Å². The molecule has 0 aliphatic carbocycles. The van der Waals surface area contributed by atoms with E-state index in [9.17, 15) is 9.59 Å². The summed E-state index contributed by atoms with van der Waals surface area (Å²) in [4.78, 5) is 19.4. The molecule has 0 atom stereocenters. The van der Waals surface area contributed by atoms with Crippen LogP contribution in [0.2, 0.25) is 0 Å². The van der Waals surface area contributed by atoms with E-state index in [1.54, 1.807) is 13.8 Å². The van der Waals surface area contributed by atoms with Crippen molar-refractivity contribution >= 4 is 11.8 Å². The van der Waals surface area contributed by atoms with E-state index in [0.29, 0.717) is 12.8 Å². The first kappa shape index (κ1) is 18.6. The van der Waals surface area contributed by atoms with Crippen LogP contribution in [0, 0.1) is 0 Å². The van der Waals surface area contributed by atoms with Crippen LogP contribution in [0.1, 0.15) is 33.6 Å². The molecule has 86 valence electrons. The Hall–Kier alpha value is -1.14. The number of hydrogen-bond donors (Lipinski definition) is 4. The molecule has 0 fully saturated rings. The number of rotatable bonds is 2. The molecule has 0 aliphatic rings. The van der Waals surface area contributed by atoms with Gasteiger partial charge in [-0.15, -0.1) is 0 Å². The van der Waals surface area contributed by atoms with Crippen molar-refractivity contribution in [2.45, 2.75) is 33.6 Å². The molecule has 6 heteroatoms. The second kappa shape index (κ2) is 17.8. The fraction of sp³-hybridized carbons (Fsp3) is 0.750. The molecule has 0 spiro atoms. The third-order valence-corrected chi connectivity index (χ3v) is 0.794. The molecule has 2 amide bonds. The first-order valence-corrected chi connectivity index (χ1v) is 4.41. The molecule has 0 aromatic carbocycles. The fourth-order valence-corrected chi connectivity index (χ4v) is 0.0791. The van der Waals surface area contributed by atoms with E-state index in [1.165, 1.54) is 5.48 Å². The Morgan fingerprint density at radius 1 is 1.21 bits per heavy atom. The smallest absolute Gasteiger partial charge is 0.243 e. The molecule has 0 aliphatic heterocycles. The Morgan fingerprint density at radius 2 is 1.50 bits per heavy atom. The van der Waals surface area contributed by atoms with Gasteiger partial charge in [0.2, 0.25) is 11.8 Å². The van der Waals surface area contributed by atoms with Crippen LogP contribution >= 0.6 is 0 Å². The lowest BCUT2D eigenvalue weighted by atomic mass is 10.5. The molecule has 0 aromatic rings. The molecule has 14 heavy (non-hydrogen) atoms. The maximum absolute atomic E-state index is 9.82. The Kier molecular flexibility index (Phi) is 23.7. The first-order chi connectivity index (χ1) is 6.49. The van der Waals surface area contributed by atoms with Crippen LogP contribution in [0.3, 0.4) is 0 Å². The van der Waals surface area contributed by atoms with E-state index in [2.05, 4.69) is 5.73 Å². The van der Waals surface area contributed by atoms with Gasteiger partial charge in [0.25, 0.3) is 0 Å². The summed E-state index contributed by atoms with van der Waals surface area (Å²) < 4.78 is 0. The molecule has 0 saturated carbocycles. The summed E-state index contributed by atoms with van der Waals surface area (Å²) in [5, 5.41) is 7.74. The normalized spacial score (nSPS) is 7.21. The molecule has 0 rings (SSSR count). The first-order valence-electron chi connectivity index (χ1n) is 4.41. The number of carbonyl (C=O) groups is 2. The van der Waals surface area contributed by atoms with Crippen LogP contribution in [0.25, 0.3) is 0 Å². The molecular formula is C8H21N3O3. The van der Waals surface area contributed by atoms with Gasteiger partial charge in [0, 0.05) is 12.8 Å². The van der Waals surface area contributed by atoms with Crippen LogP contribution in [-0.4, -0.2) is 23.6 Å². The highest BCUT2D eigenvalue weighted by Crippen LogP contribution is 1.68. The monoisotopic (exact) mass is 207 g/mol. The minimum absolute atomic E-state index is 0.245. The van der Waals surface area contributed by atoms with E-state index < -0.39 is 0 Å². The minimum atomic E-state index is -0.352. The summed E-state index contributed by atoms with van der Waals surface area (Å²) in [6.07, 6.45) is 0.774. The SMILES string of the molecule is CCC(=O)NO.CCC(N)=O.CCN. The van der Waals surface area contributed by atoms with Gasteiger partial charge < -0.3 is 11.5 Å². The number of hydroxylamine groups is 1. The van der Waals surface area contributed by atoms with Crippen LogP contribution < -0.4 is 16.9 Å². The maximum Gasteiger partial charge on any atom is 0.243 e. The zero-order valence-electron chi connectivity index (χ0n) is 9.04. The Bertz CT molecular complexity index is 134. The average Bonchev–Trinajstić information content (AvgIpc) is 2.18. The highest BCUT2D eigenvalue weighted by Gasteiger charge is 1.86. The molecule has 6 nitrogen and oxygen atoms in total. The van der Waals surface area contributed by atoms with Gasteiger partial charge in [0.1, 0.15) is 0 Å². The van der Waals surface area contributed by atoms with Crippen molar-refractivity contribution < 1.29 is 14.8 Å². The van der Waals surface area contributed by atoms with Crippen molar-refractivity contribution in [3.05, 3.63) is 0 Å². The van der Waals surface area contributed by atoms with E-state index in [1.807, 2.05) is 6.92 Å². The summed E-state index contributed by atoms with van der Waals surface area (Å²) in [6, 6.07) is 0. The third kappa shape index (κ3) is 44.7. The number of nitrogens with two attached hydrogens (primary N) is 2. The van der Waals surface area contributed by atoms with Gasteiger partial charge >= 0.3 is 0 Å². The van der Waals surface area contributed by atoms with Crippen molar-refractivity contribution in [1.82, 2.24) is 5.48 Å². The van der Waals surface area contributed by atoms with Crippen molar-refractivity contribution in [1.29, 1.82) is 0 Å². The van der Waals surface area contributed by atoms with Crippen LogP contribution in [0.5, 0.6) is 0 Å². The number of primary amides is 1. The quantitative estimate of drug-likeness (QED) is 0.368. The molecule has 0 heterocycles. The number of nitrogens with one attached hydrogen (secondary N) is 1. The van der Waals surface area contributed by atoms with Gasteiger partial charge in [-0.2, -0.15) is 0 Å². The second-order valence-electron chi connectivity index (χ2n) is 2.12. The summed E-state index contributed by atoms with van der Waals surface area (Å²) >= 11 is 0. The lowest BCUT2D eigenvalue weighted by Crippen LogP contribution is -2.16. The van der Waals surface area contributed by atoms with Gasteiger partial charge in [-0.1, -0.05) is 20.8 Å². The summed E-state index contributed by atoms with van der Waals surface area (Å²) in [6.45, 7) is 6.04. The lowest BCUT2D eigenvalue weighted by molar-refractivity contribution is -0.128. The standard InChI is InChI=1S/C3H7NO2.C3H7NO.C2H7N/c1-2-3(5)4-6;1-2-3(4)5;1-2-3/h6H,2H2,1H3,(H,4,5);2H2,1H3,(H2,4,5);2-3H2,1H3. The average molecular weight is 207 g/mol. The maximum atomic E-state index is 9.82. The molecule has 6 N–H and O–H groups in total. The van der Waals surface area contributed by atoms with Crippen LogP contribution in [0.4, 0.5) is 0 Å². The second-order valence-corrected chi connectivity index (χ2v) is 2.12. The van der Waals surface area contributed by atoms with Crippen molar-refractivity contribution in [2.75, 3.05) is 6.54 Å². The number of carbonyl (C=O) groups excluding carboxylic acids is 2. The predicted molar refractivity (Wildman–Crippen MR) is 54.4 cm³/mol. The zero-order chi connectivity index (χ0) is 12.0. The van der Waals surface area contributed by atoms with Crippen LogP contribution in [0.15, 0.2) is 0 Å². The molecule has 0 radical (unpaired) electrons. The topological polar surface area (TPSA) is 118 Å². The van der Waals surface area contributed by atoms with Crippen molar-refractivity contribution in [3.63, 3.8) is 0 Å². The van der Waals surface area contributed by atoms with Crippen LogP contribution in [-0.2, 0) is 9.59 Å². The molecule has 0 bridgehead atoms. The number of amides is 2. The molecule has 0 unspecified atom stereocenters. The Morgan fingerprint density at radius 3 is 1.50 bits per heavy atom. The predicted octanol–water partition coefficient (Wildman–Crippen LogP) is -0.251. The van der Waals surface area contributed by atoms with E-state index >= 15 is 0 Å². The van der Waals surface area contributed by atoms with E-state index in [-0.39, 0.29) is 11.8 Å². The van der Waals surface area contributed by atoms with Gasteiger partial charge in [0.05, 0.1) is 0 Å². The zero-order valence-corrected chi connectivity index (χ0v) is 9.04. The third-order valence-electron chi connectivity index (χ3n) is 0.794. The van der Waals surface area contributed by atoms with Gasteiger partial charge in [-0.25, -0.2) is 5.48 Å². The lowest BCUT2D eigenvalue weighted by Gasteiger charge is -1.85.